The van der Waals surface area contributed by atoms with Crippen molar-refractivity contribution in [2.24, 2.45) is 0 Å². The van der Waals surface area contributed by atoms with Gasteiger partial charge in [0.25, 0.3) is 0 Å². The fourth-order valence-electron chi connectivity index (χ4n) is 1.51. The molecule has 18 heavy (non-hydrogen) atoms. The molecule has 0 atom stereocenters. The van der Waals surface area contributed by atoms with Crippen molar-refractivity contribution in [2.45, 2.75) is 11.5 Å². The molecule has 0 unspecified atom stereocenters. The smallest absolute Gasteiger partial charge is 0.119 e. The third-order valence-electron chi connectivity index (χ3n) is 2.53. The van der Waals surface area contributed by atoms with E-state index in [0.29, 0.717) is 6.61 Å². The normalized spacial score (nSPS) is 10.3. The second-order valence-corrected chi connectivity index (χ2v) is 5.55. The maximum atomic E-state index is 5.73. The molecular formula is C14H14BrNOS. The molecule has 0 saturated carbocycles. The van der Waals surface area contributed by atoms with E-state index in [2.05, 4.69) is 34.3 Å². The van der Waals surface area contributed by atoms with E-state index in [0.717, 1.165) is 21.5 Å². The lowest BCUT2D eigenvalue weighted by atomic mass is 10.2. The molecule has 2 nitrogen and oxygen atoms in total. The van der Waals surface area contributed by atoms with E-state index in [1.165, 1.54) is 4.90 Å². The van der Waals surface area contributed by atoms with Crippen molar-refractivity contribution in [2.75, 3.05) is 12.0 Å². The largest absolute Gasteiger partial charge is 0.489 e. The number of benzene rings is 2. The Morgan fingerprint density at radius 2 is 1.89 bits per heavy atom. The Hall–Kier alpha value is -1.13. The van der Waals surface area contributed by atoms with Crippen molar-refractivity contribution < 1.29 is 4.74 Å². The molecule has 0 spiro atoms. The van der Waals surface area contributed by atoms with Crippen LogP contribution < -0.4 is 10.5 Å². The number of hydrogen-bond donors (Lipinski definition) is 1. The van der Waals surface area contributed by atoms with Gasteiger partial charge in [-0.1, -0.05) is 22.0 Å². The topological polar surface area (TPSA) is 35.2 Å². The molecule has 4 heteroatoms. The number of ether oxygens (including phenoxy) is 1. The summed E-state index contributed by atoms with van der Waals surface area (Å²) in [6.45, 7) is 0.527. The van der Waals surface area contributed by atoms with Gasteiger partial charge in [-0.3, -0.25) is 0 Å². The van der Waals surface area contributed by atoms with Crippen LogP contribution in [0, 0.1) is 0 Å². The Morgan fingerprint density at radius 3 is 2.50 bits per heavy atom. The van der Waals surface area contributed by atoms with Gasteiger partial charge in [0.05, 0.1) is 0 Å². The Balaban J connectivity index is 2.02. The highest BCUT2D eigenvalue weighted by atomic mass is 79.9. The first-order chi connectivity index (χ1) is 8.69. The molecule has 0 aliphatic rings. The van der Waals surface area contributed by atoms with E-state index >= 15 is 0 Å². The van der Waals surface area contributed by atoms with Gasteiger partial charge in [-0.15, -0.1) is 11.8 Å². The molecule has 0 aromatic heterocycles. The van der Waals surface area contributed by atoms with Gasteiger partial charge >= 0.3 is 0 Å². The van der Waals surface area contributed by atoms with Gasteiger partial charge in [-0.25, -0.2) is 0 Å². The Labute approximate surface area is 120 Å². The van der Waals surface area contributed by atoms with Crippen LogP contribution in [0.5, 0.6) is 5.75 Å². The first-order valence-electron chi connectivity index (χ1n) is 5.50. The lowest BCUT2D eigenvalue weighted by molar-refractivity contribution is 0.305. The summed E-state index contributed by atoms with van der Waals surface area (Å²) in [5.74, 6) is 0.872. The lowest BCUT2D eigenvalue weighted by Crippen LogP contribution is -1.97. The lowest BCUT2D eigenvalue weighted by Gasteiger charge is -2.09. The van der Waals surface area contributed by atoms with Crippen LogP contribution in [-0.2, 0) is 6.61 Å². The summed E-state index contributed by atoms with van der Waals surface area (Å²) in [5.41, 5.74) is 7.52. The number of anilines is 1. The average Bonchev–Trinajstić information content (AvgIpc) is 2.38. The number of thioether (sulfide) groups is 1. The maximum Gasteiger partial charge on any atom is 0.119 e. The summed E-state index contributed by atoms with van der Waals surface area (Å²) in [5, 5.41) is 0. The van der Waals surface area contributed by atoms with Gasteiger partial charge in [0.15, 0.2) is 0 Å². The summed E-state index contributed by atoms with van der Waals surface area (Å²) < 4.78 is 6.71. The molecule has 2 aromatic rings. The first-order valence-corrected chi connectivity index (χ1v) is 7.51. The monoisotopic (exact) mass is 323 g/mol. The predicted molar refractivity (Wildman–Crippen MR) is 81.1 cm³/mol. The van der Waals surface area contributed by atoms with E-state index in [4.69, 9.17) is 10.5 Å². The van der Waals surface area contributed by atoms with Crippen LogP contribution in [0.4, 0.5) is 5.69 Å². The Bertz CT molecular complexity index is 528. The molecular weight excluding hydrogens is 310 g/mol. The second kappa shape index (κ2) is 6.16. The third kappa shape index (κ3) is 3.43. The Morgan fingerprint density at radius 1 is 1.17 bits per heavy atom. The van der Waals surface area contributed by atoms with E-state index in [9.17, 15) is 0 Å². The van der Waals surface area contributed by atoms with Crippen LogP contribution in [-0.4, -0.2) is 6.26 Å². The molecule has 0 radical (unpaired) electrons. The zero-order chi connectivity index (χ0) is 13.0. The molecule has 0 fully saturated rings. The molecule has 0 amide bonds. The predicted octanol–water partition coefficient (Wildman–Crippen LogP) is 4.33. The molecule has 2 aromatic carbocycles. The van der Waals surface area contributed by atoms with Crippen molar-refractivity contribution in [3.05, 3.63) is 52.5 Å². The van der Waals surface area contributed by atoms with Gasteiger partial charge in [0, 0.05) is 20.6 Å². The van der Waals surface area contributed by atoms with E-state index in [-0.39, 0.29) is 0 Å². The van der Waals surface area contributed by atoms with Crippen molar-refractivity contribution in [1.29, 1.82) is 0 Å². The molecule has 94 valence electrons. The fraction of sp³-hybridized carbons (Fsp3) is 0.143. The molecule has 2 rings (SSSR count). The zero-order valence-corrected chi connectivity index (χ0v) is 12.4. The number of halogens is 1. The van der Waals surface area contributed by atoms with Gasteiger partial charge < -0.3 is 10.5 Å². The molecule has 0 bridgehead atoms. The van der Waals surface area contributed by atoms with Crippen molar-refractivity contribution in [1.82, 2.24) is 0 Å². The number of nitrogen functional groups attached to an aromatic ring is 1. The second-order valence-electron chi connectivity index (χ2n) is 3.82. The summed E-state index contributed by atoms with van der Waals surface area (Å²) >= 11 is 5.20. The van der Waals surface area contributed by atoms with Crippen LogP contribution in [0.3, 0.4) is 0 Å². The van der Waals surface area contributed by atoms with Crippen LogP contribution >= 0.6 is 27.7 Å². The molecule has 0 saturated heterocycles. The first kappa shape index (κ1) is 13.3. The standard InChI is InChI=1S/C14H14BrNOS/c1-18-13-6-4-12(5-7-13)17-9-10-2-3-11(16)8-14(10)15/h2-8H,9,16H2,1H3. The van der Waals surface area contributed by atoms with Crippen LogP contribution in [0.15, 0.2) is 51.8 Å². The van der Waals surface area contributed by atoms with Crippen LogP contribution in [0.25, 0.3) is 0 Å². The van der Waals surface area contributed by atoms with Gasteiger partial charge in [0.1, 0.15) is 12.4 Å². The minimum Gasteiger partial charge on any atom is -0.489 e. The SMILES string of the molecule is CSc1ccc(OCc2ccc(N)cc2Br)cc1. The summed E-state index contributed by atoms with van der Waals surface area (Å²) in [6.07, 6.45) is 2.06. The molecule has 0 heterocycles. The maximum absolute atomic E-state index is 5.73. The van der Waals surface area contributed by atoms with Crippen LogP contribution in [0.2, 0.25) is 0 Å². The minimum absolute atomic E-state index is 0.527. The highest BCUT2D eigenvalue weighted by Crippen LogP contribution is 2.23. The quantitative estimate of drug-likeness (QED) is 0.671. The summed E-state index contributed by atoms with van der Waals surface area (Å²) in [6, 6.07) is 13.8. The number of nitrogens with two attached hydrogens (primary N) is 1. The molecule has 0 aliphatic heterocycles. The highest BCUT2D eigenvalue weighted by Gasteiger charge is 2.01. The van der Waals surface area contributed by atoms with Gasteiger partial charge in [0.2, 0.25) is 0 Å². The zero-order valence-electron chi connectivity index (χ0n) is 10.0. The van der Waals surface area contributed by atoms with Gasteiger partial charge in [-0.05, 0) is 42.7 Å². The van der Waals surface area contributed by atoms with Crippen LogP contribution in [0.1, 0.15) is 5.56 Å². The highest BCUT2D eigenvalue weighted by molar-refractivity contribution is 9.10. The molecule has 2 N–H and O–H groups in total. The van der Waals surface area contributed by atoms with E-state index in [1.807, 2.05) is 30.3 Å². The van der Waals surface area contributed by atoms with Gasteiger partial charge in [-0.2, -0.15) is 0 Å². The fourth-order valence-corrected chi connectivity index (χ4v) is 2.43. The third-order valence-corrected chi connectivity index (χ3v) is 4.01. The van der Waals surface area contributed by atoms with Crippen molar-refractivity contribution >= 4 is 33.4 Å². The van der Waals surface area contributed by atoms with E-state index in [1.54, 1.807) is 11.8 Å². The number of hydrogen-bond acceptors (Lipinski definition) is 3. The number of rotatable bonds is 4. The molecule has 0 aliphatic carbocycles. The average molecular weight is 324 g/mol. The van der Waals surface area contributed by atoms with Crippen molar-refractivity contribution in [3.63, 3.8) is 0 Å². The Kier molecular flexibility index (Phi) is 4.55. The van der Waals surface area contributed by atoms with E-state index < -0.39 is 0 Å². The minimum atomic E-state index is 0.527. The summed E-state index contributed by atoms with van der Waals surface area (Å²) in [7, 11) is 0. The summed E-state index contributed by atoms with van der Waals surface area (Å²) in [4.78, 5) is 1.23. The van der Waals surface area contributed by atoms with Crippen molar-refractivity contribution in [3.8, 4) is 5.75 Å².